The summed E-state index contributed by atoms with van der Waals surface area (Å²) in [5.41, 5.74) is 0.399. The van der Waals surface area contributed by atoms with Crippen LogP contribution in [0.1, 0.15) is 53.9 Å². The van der Waals surface area contributed by atoms with Crippen LogP contribution in [0, 0.1) is 22.7 Å². The van der Waals surface area contributed by atoms with E-state index in [9.17, 15) is 4.79 Å². The lowest BCUT2D eigenvalue weighted by atomic mass is 9.70. The molecule has 92 valence electrons. The number of fused-ring (bicyclic) bond motifs is 2. The largest absolute Gasteiger partial charge is 0.461 e. The molecule has 2 nitrogen and oxygen atoms in total. The minimum atomic E-state index is -0.0353. The van der Waals surface area contributed by atoms with E-state index < -0.39 is 0 Å². The van der Waals surface area contributed by atoms with Crippen molar-refractivity contribution in [2.75, 3.05) is 0 Å². The van der Waals surface area contributed by atoms with Crippen LogP contribution >= 0.6 is 0 Å². The van der Waals surface area contributed by atoms with E-state index in [2.05, 4.69) is 20.8 Å². The summed E-state index contributed by atoms with van der Waals surface area (Å²) in [6.45, 7) is 10.6. The Balaban J connectivity index is 2.17. The van der Waals surface area contributed by atoms with Gasteiger partial charge in [0, 0.05) is 10.8 Å². The van der Waals surface area contributed by atoms with Crippen molar-refractivity contribution in [3.8, 4) is 0 Å². The van der Waals surface area contributed by atoms with Gasteiger partial charge in [-0.25, -0.2) is 0 Å². The summed E-state index contributed by atoms with van der Waals surface area (Å²) in [6.07, 6.45) is 3.88. The van der Waals surface area contributed by atoms with Gasteiger partial charge in [-0.1, -0.05) is 34.6 Å². The van der Waals surface area contributed by atoms with Gasteiger partial charge in [-0.05, 0) is 25.2 Å². The molecule has 0 aliphatic heterocycles. The van der Waals surface area contributed by atoms with Gasteiger partial charge in [0.25, 0.3) is 0 Å². The molecule has 3 atom stereocenters. The first-order valence-electron chi connectivity index (χ1n) is 6.48. The molecule has 2 aliphatic carbocycles. The minimum Gasteiger partial charge on any atom is -0.461 e. The molecular formula is C14H24O2. The molecule has 0 radical (unpaired) electrons. The molecule has 0 aromatic carbocycles. The first-order valence-corrected chi connectivity index (χ1v) is 6.48. The van der Waals surface area contributed by atoms with Gasteiger partial charge in [0.1, 0.15) is 6.10 Å². The number of ether oxygens (including phenoxy) is 1. The molecule has 0 saturated heterocycles. The van der Waals surface area contributed by atoms with Crippen LogP contribution in [0.5, 0.6) is 0 Å². The highest BCUT2D eigenvalue weighted by molar-refractivity contribution is 5.71. The monoisotopic (exact) mass is 224 g/mol. The minimum absolute atomic E-state index is 0.0153. The Morgan fingerprint density at radius 2 is 1.94 bits per heavy atom. The van der Waals surface area contributed by atoms with E-state index in [1.165, 1.54) is 19.3 Å². The van der Waals surface area contributed by atoms with Crippen molar-refractivity contribution in [3.63, 3.8) is 0 Å². The van der Waals surface area contributed by atoms with Crippen molar-refractivity contribution in [1.82, 2.24) is 0 Å². The van der Waals surface area contributed by atoms with E-state index in [0.29, 0.717) is 0 Å². The summed E-state index contributed by atoms with van der Waals surface area (Å²) in [6, 6.07) is 0. The average molecular weight is 224 g/mol. The standard InChI is InChI=1S/C14H24O2/c1-9(2)11(15)16-12-13(3,4)10-6-7-14(12,5)8-10/h9-10,12H,6-8H2,1-5H3. The van der Waals surface area contributed by atoms with E-state index in [1.807, 2.05) is 13.8 Å². The van der Waals surface area contributed by atoms with Crippen LogP contribution in [0.15, 0.2) is 0 Å². The van der Waals surface area contributed by atoms with Crippen LogP contribution in [-0.4, -0.2) is 12.1 Å². The Kier molecular flexibility index (Phi) is 2.60. The molecule has 2 bridgehead atoms. The molecule has 0 heterocycles. The van der Waals surface area contributed by atoms with Gasteiger partial charge < -0.3 is 4.74 Å². The topological polar surface area (TPSA) is 26.3 Å². The fourth-order valence-corrected chi connectivity index (χ4v) is 3.80. The fourth-order valence-electron chi connectivity index (χ4n) is 3.80. The Labute approximate surface area is 98.7 Å². The third-order valence-electron chi connectivity index (χ3n) is 4.84. The zero-order chi connectivity index (χ0) is 12.1. The Morgan fingerprint density at radius 1 is 1.31 bits per heavy atom. The van der Waals surface area contributed by atoms with E-state index in [4.69, 9.17) is 4.74 Å². The smallest absolute Gasteiger partial charge is 0.308 e. The van der Waals surface area contributed by atoms with E-state index >= 15 is 0 Å². The van der Waals surface area contributed by atoms with Gasteiger partial charge in [0.05, 0.1) is 5.92 Å². The number of hydrogen-bond acceptors (Lipinski definition) is 2. The van der Waals surface area contributed by atoms with Gasteiger partial charge in [0.2, 0.25) is 0 Å². The van der Waals surface area contributed by atoms with Gasteiger partial charge >= 0.3 is 5.97 Å². The number of carbonyl (C=O) groups excluding carboxylic acids is 1. The van der Waals surface area contributed by atoms with Crippen molar-refractivity contribution in [3.05, 3.63) is 0 Å². The van der Waals surface area contributed by atoms with E-state index in [-0.39, 0.29) is 28.8 Å². The molecule has 2 aliphatic rings. The molecule has 0 N–H and O–H groups in total. The molecule has 0 aromatic rings. The van der Waals surface area contributed by atoms with Crippen LogP contribution < -0.4 is 0 Å². The first kappa shape index (κ1) is 11.9. The molecule has 3 unspecified atom stereocenters. The zero-order valence-corrected chi connectivity index (χ0v) is 11.2. The Bertz CT molecular complexity index is 301. The highest BCUT2D eigenvalue weighted by Gasteiger charge is 2.61. The van der Waals surface area contributed by atoms with Crippen LogP contribution in [-0.2, 0) is 9.53 Å². The fraction of sp³-hybridized carbons (Fsp3) is 0.929. The van der Waals surface area contributed by atoms with Gasteiger partial charge in [-0.2, -0.15) is 0 Å². The Hall–Kier alpha value is -0.530. The third-order valence-corrected chi connectivity index (χ3v) is 4.84. The SMILES string of the molecule is CC(C)C(=O)OC1C2(C)CCC(C2)C1(C)C. The number of esters is 1. The summed E-state index contributed by atoms with van der Waals surface area (Å²) in [4.78, 5) is 11.8. The third kappa shape index (κ3) is 1.57. The second-order valence-electron chi connectivity index (χ2n) is 6.89. The zero-order valence-electron chi connectivity index (χ0n) is 11.2. The van der Waals surface area contributed by atoms with Crippen molar-refractivity contribution in [2.45, 2.75) is 60.0 Å². The summed E-state index contributed by atoms with van der Waals surface area (Å²) in [5.74, 6) is 0.688. The van der Waals surface area contributed by atoms with Crippen LogP contribution in [0.3, 0.4) is 0 Å². The van der Waals surface area contributed by atoms with Crippen molar-refractivity contribution in [2.24, 2.45) is 22.7 Å². The quantitative estimate of drug-likeness (QED) is 0.672. The lowest BCUT2D eigenvalue weighted by Gasteiger charge is -2.42. The highest BCUT2D eigenvalue weighted by Crippen LogP contribution is 2.63. The lowest BCUT2D eigenvalue weighted by Crippen LogP contribution is -2.44. The second kappa shape index (κ2) is 3.48. The normalized spacial score (nSPS) is 40.4. The van der Waals surface area contributed by atoms with Crippen molar-refractivity contribution in [1.29, 1.82) is 0 Å². The summed E-state index contributed by atoms with van der Waals surface area (Å²) in [5, 5.41) is 0. The predicted molar refractivity (Wildman–Crippen MR) is 63.9 cm³/mol. The van der Waals surface area contributed by atoms with Gasteiger partial charge in [-0.15, -0.1) is 0 Å². The van der Waals surface area contributed by atoms with Crippen molar-refractivity contribution < 1.29 is 9.53 Å². The number of carbonyl (C=O) groups is 1. The first-order chi connectivity index (χ1) is 7.27. The molecule has 2 saturated carbocycles. The average Bonchev–Trinajstić information content (AvgIpc) is 2.63. The molecule has 0 spiro atoms. The predicted octanol–water partition coefficient (Wildman–Crippen LogP) is 3.40. The second-order valence-corrected chi connectivity index (χ2v) is 6.89. The molecule has 2 heteroatoms. The van der Waals surface area contributed by atoms with Crippen LogP contribution in [0.25, 0.3) is 0 Å². The number of hydrogen-bond donors (Lipinski definition) is 0. The molecule has 2 rings (SSSR count). The Morgan fingerprint density at radius 3 is 2.38 bits per heavy atom. The lowest BCUT2D eigenvalue weighted by molar-refractivity contribution is -0.168. The number of rotatable bonds is 2. The summed E-state index contributed by atoms with van der Waals surface area (Å²) in [7, 11) is 0. The van der Waals surface area contributed by atoms with E-state index in [0.717, 1.165) is 5.92 Å². The highest BCUT2D eigenvalue weighted by atomic mass is 16.5. The summed E-state index contributed by atoms with van der Waals surface area (Å²) >= 11 is 0. The molecular weight excluding hydrogens is 200 g/mol. The molecule has 0 amide bonds. The van der Waals surface area contributed by atoms with E-state index in [1.54, 1.807) is 0 Å². The van der Waals surface area contributed by atoms with Crippen LogP contribution in [0.4, 0.5) is 0 Å². The van der Waals surface area contributed by atoms with Gasteiger partial charge in [0.15, 0.2) is 0 Å². The maximum absolute atomic E-state index is 11.8. The van der Waals surface area contributed by atoms with Crippen molar-refractivity contribution >= 4 is 5.97 Å². The maximum atomic E-state index is 11.8. The van der Waals surface area contributed by atoms with Crippen LogP contribution in [0.2, 0.25) is 0 Å². The summed E-state index contributed by atoms with van der Waals surface area (Å²) < 4.78 is 5.79. The molecule has 16 heavy (non-hydrogen) atoms. The maximum Gasteiger partial charge on any atom is 0.308 e. The molecule has 2 fully saturated rings. The molecule has 0 aromatic heterocycles. The van der Waals surface area contributed by atoms with Gasteiger partial charge in [-0.3, -0.25) is 4.79 Å².